The lowest BCUT2D eigenvalue weighted by molar-refractivity contribution is -0.384. The second-order valence-electron chi connectivity index (χ2n) is 4.69. The fourth-order valence-electron chi connectivity index (χ4n) is 2.24. The molecule has 0 aliphatic heterocycles. The molecule has 3 rings (SSSR count). The number of non-ortho nitro benzene ring substituents is 1. The Morgan fingerprint density at radius 2 is 2.24 bits per heavy atom. The smallest absolute Gasteiger partial charge is 0.366 e. The van der Waals surface area contributed by atoms with Gasteiger partial charge in [0.1, 0.15) is 11.1 Å². The van der Waals surface area contributed by atoms with Crippen molar-refractivity contribution in [2.75, 3.05) is 0 Å². The summed E-state index contributed by atoms with van der Waals surface area (Å²) < 4.78 is 6.73. The molecule has 0 aliphatic carbocycles. The number of nitro benzene ring substituents is 1. The van der Waals surface area contributed by atoms with Crippen molar-refractivity contribution in [3.8, 4) is 0 Å². The molecule has 8 nitrogen and oxygen atoms in total. The number of fused-ring (bicyclic) bond motifs is 3. The third-order valence-electron chi connectivity index (χ3n) is 3.28. The van der Waals surface area contributed by atoms with Crippen molar-refractivity contribution in [2.24, 2.45) is 0 Å². The van der Waals surface area contributed by atoms with Crippen molar-refractivity contribution in [1.29, 1.82) is 0 Å². The lowest BCUT2D eigenvalue weighted by atomic mass is 10.2. The van der Waals surface area contributed by atoms with E-state index in [1.54, 1.807) is 4.68 Å². The first kappa shape index (κ1) is 13.2. The van der Waals surface area contributed by atoms with E-state index in [0.717, 1.165) is 12.8 Å². The van der Waals surface area contributed by atoms with Gasteiger partial charge in [0.15, 0.2) is 5.52 Å². The van der Waals surface area contributed by atoms with E-state index in [1.165, 1.54) is 18.2 Å². The maximum absolute atomic E-state index is 11.9. The van der Waals surface area contributed by atoms with Gasteiger partial charge in [-0.1, -0.05) is 18.6 Å². The van der Waals surface area contributed by atoms with Gasteiger partial charge in [0.05, 0.1) is 10.3 Å². The molecule has 0 fully saturated rings. The molecule has 3 aromatic rings. The van der Waals surface area contributed by atoms with Crippen LogP contribution in [0.4, 0.5) is 5.69 Å². The minimum Gasteiger partial charge on any atom is -0.421 e. The van der Waals surface area contributed by atoms with Gasteiger partial charge in [-0.15, -0.1) is 5.10 Å². The minimum atomic E-state index is -0.589. The second-order valence-corrected chi connectivity index (χ2v) is 4.69. The average Bonchev–Trinajstić information content (AvgIpc) is 2.89. The van der Waals surface area contributed by atoms with E-state index in [0.29, 0.717) is 17.4 Å². The van der Waals surface area contributed by atoms with Crippen LogP contribution in [0.2, 0.25) is 0 Å². The summed E-state index contributed by atoms with van der Waals surface area (Å²) in [5.74, 6) is 0. The summed E-state index contributed by atoms with van der Waals surface area (Å²) in [5.41, 5.74) is 0.214. The van der Waals surface area contributed by atoms with Crippen LogP contribution in [0, 0.1) is 10.1 Å². The predicted octanol–water partition coefficient (Wildman–Crippen LogP) is 2.25. The molecular formula is C13H12N4O4. The summed E-state index contributed by atoms with van der Waals surface area (Å²) >= 11 is 0. The van der Waals surface area contributed by atoms with E-state index in [-0.39, 0.29) is 16.8 Å². The van der Waals surface area contributed by atoms with Crippen LogP contribution in [-0.4, -0.2) is 19.9 Å². The van der Waals surface area contributed by atoms with Gasteiger partial charge in [0.2, 0.25) is 0 Å². The molecule has 0 radical (unpaired) electrons. The molecule has 21 heavy (non-hydrogen) atoms. The molecule has 0 aliphatic rings. The highest BCUT2D eigenvalue weighted by Crippen LogP contribution is 2.25. The summed E-state index contributed by atoms with van der Waals surface area (Å²) in [6, 6.07) is 4.11. The molecule has 0 N–H and O–H groups in total. The predicted molar refractivity (Wildman–Crippen MR) is 75.1 cm³/mol. The van der Waals surface area contributed by atoms with Crippen LogP contribution in [0.1, 0.15) is 19.8 Å². The molecule has 0 saturated heterocycles. The number of aryl methyl sites for hydroxylation is 1. The van der Waals surface area contributed by atoms with Crippen molar-refractivity contribution in [1.82, 2.24) is 15.0 Å². The molecule has 108 valence electrons. The molecule has 0 spiro atoms. The summed E-state index contributed by atoms with van der Waals surface area (Å²) in [4.78, 5) is 22.3. The molecule has 2 aromatic heterocycles. The van der Waals surface area contributed by atoms with Crippen molar-refractivity contribution in [3.05, 3.63) is 38.7 Å². The van der Waals surface area contributed by atoms with Crippen LogP contribution in [-0.2, 0) is 6.54 Å². The van der Waals surface area contributed by atoms with E-state index in [2.05, 4.69) is 10.3 Å². The normalized spacial score (nSPS) is 11.3. The number of benzene rings is 1. The highest BCUT2D eigenvalue weighted by molar-refractivity contribution is 6.01. The number of hydrogen-bond acceptors (Lipinski definition) is 6. The fourth-order valence-corrected chi connectivity index (χ4v) is 2.24. The molecule has 1 aromatic carbocycles. The molecular weight excluding hydrogens is 276 g/mol. The van der Waals surface area contributed by atoms with Gasteiger partial charge in [-0.25, -0.2) is 9.48 Å². The zero-order valence-corrected chi connectivity index (χ0v) is 11.3. The lowest BCUT2D eigenvalue weighted by Gasteiger charge is -2.03. The Kier molecular flexibility index (Phi) is 3.13. The Balaban J connectivity index is 2.36. The molecule has 2 heterocycles. The van der Waals surface area contributed by atoms with Gasteiger partial charge in [-0.2, -0.15) is 0 Å². The standard InChI is InChI=1S/C13H12N4O4/c1-2-3-6-16-12-9-7-8(17(19)20)4-5-10(9)21-13(18)11(12)14-15-16/h4-5,7H,2-3,6H2,1H3. The maximum atomic E-state index is 11.9. The van der Waals surface area contributed by atoms with Crippen molar-refractivity contribution in [2.45, 2.75) is 26.3 Å². The van der Waals surface area contributed by atoms with E-state index in [9.17, 15) is 14.9 Å². The van der Waals surface area contributed by atoms with E-state index in [4.69, 9.17) is 4.42 Å². The number of unbranched alkanes of at least 4 members (excludes halogenated alkanes) is 1. The van der Waals surface area contributed by atoms with Crippen LogP contribution in [0.25, 0.3) is 22.0 Å². The van der Waals surface area contributed by atoms with Crippen LogP contribution in [0.3, 0.4) is 0 Å². The Bertz CT molecular complexity index is 896. The van der Waals surface area contributed by atoms with Crippen LogP contribution in [0.15, 0.2) is 27.4 Å². The van der Waals surface area contributed by atoms with Crippen LogP contribution < -0.4 is 5.63 Å². The summed E-state index contributed by atoms with van der Waals surface area (Å²) in [7, 11) is 0. The minimum absolute atomic E-state index is 0.0686. The van der Waals surface area contributed by atoms with Crippen LogP contribution >= 0.6 is 0 Å². The molecule has 0 saturated carbocycles. The van der Waals surface area contributed by atoms with Crippen LogP contribution in [0.5, 0.6) is 0 Å². The average molecular weight is 288 g/mol. The molecule has 0 atom stereocenters. The Morgan fingerprint density at radius 1 is 1.43 bits per heavy atom. The number of aromatic nitrogens is 3. The van der Waals surface area contributed by atoms with Gasteiger partial charge in [0, 0.05) is 18.7 Å². The summed E-state index contributed by atoms with van der Waals surface area (Å²) in [6.45, 7) is 2.63. The first-order valence-corrected chi connectivity index (χ1v) is 6.56. The molecule has 0 bridgehead atoms. The topological polar surface area (TPSA) is 104 Å². The monoisotopic (exact) mass is 288 g/mol. The molecule has 0 unspecified atom stereocenters. The van der Waals surface area contributed by atoms with E-state index < -0.39 is 10.5 Å². The van der Waals surface area contributed by atoms with Crippen molar-refractivity contribution >= 4 is 27.7 Å². The maximum Gasteiger partial charge on any atom is 0.366 e. The van der Waals surface area contributed by atoms with Gasteiger partial charge in [-0.3, -0.25) is 10.1 Å². The third kappa shape index (κ3) is 2.14. The quantitative estimate of drug-likeness (QED) is 0.414. The Hall–Kier alpha value is -2.77. The Labute approximate surface area is 118 Å². The SMILES string of the molecule is CCCCn1nnc2c(=O)oc3ccc([N+](=O)[O-])cc3c21. The highest BCUT2D eigenvalue weighted by Gasteiger charge is 2.17. The number of rotatable bonds is 4. The first-order valence-electron chi connectivity index (χ1n) is 6.56. The highest BCUT2D eigenvalue weighted by atomic mass is 16.6. The second kappa shape index (κ2) is 4.97. The largest absolute Gasteiger partial charge is 0.421 e. The zero-order chi connectivity index (χ0) is 15.0. The van der Waals surface area contributed by atoms with Gasteiger partial charge in [-0.05, 0) is 12.5 Å². The molecule has 8 heteroatoms. The lowest BCUT2D eigenvalue weighted by Crippen LogP contribution is -2.03. The number of hydrogen-bond donors (Lipinski definition) is 0. The number of nitro groups is 1. The third-order valence-corrected chi connectivity index (χ3v) is 3.28. The van der Waals surface area contributed by atoms with Crippen molar-refractivity contribution < 1.29 is 9.34 Å². The van der Waals surface area contributed by atoms with E-state index >= 15 is 0 Å². The zero-order valence-electron chi connectivity index (χ0n) is 11.3. The Morgan fingerprint density at radius 3 is 2.95 bits per heavy atom. The van der Waals surface area contributed by atoms with Crippen molar-refractivity contribution in [3.63, 3.8) is 0 Å². The van der Waals surface area contributed by atoms with Gasteiger partial charge < -0.3 is 4.42 Å². The summed E-state index contributed by atoms with van der Waals surface area (Å²) in [6.07, 6.45) is 1.83. The number of nitrogens with zero attached hydrogens (tertiary/aromatic N) is 4. The summed E-state index contributed by atoms with van der Waals surface area (Å²) in [5, 5.41) is 19.2. The van der Waals surface area contributed by atoms with Gasteiger partial charge >= 0.3 is 5.63 Å². The first-order chi connectivity index (χ1) is 10.1. The van der Waals surface area contributed by atoms with Gasteiger partial charge in [0.25, 0.3) is 5.69 Å². The molecule has 0 amide bonds. The van der Waals surface area contributed by atoms with E-state index in [1.807, 2.05) is 6.92 Å². The fraction of sp³-hybridized carbons (Fsp3) is 0.308.